The lowest BCUT2D eigenvalue weighted by Crippen LogP contribution is -2.33. The molecule has 5 nitrogen and oxygen atoms in total. The molecule has 1 aliphatic heterocycles. The molecule has 2 atom stereocenters. The number of nitrogens with zero attached hydrogens (tertiary/aromatic N) is 1. The van der Waals surface area contributed by atoms with Gasteiger partial charge in [-0.05, 0) is 43.5 Å². The number of hydrogen-bond acceptors (Lipinski definition) is 4. The van der Waals surface area contributed by atoms with Gasteiger partial charge in [-0.25, -0.2) is 8.42 Å². The third-order valence-electron chi connectivity index (χ3n) is 3.44. The fourth-order valence-corrected chi connectivity index (χ4v) is 4.73. The maximum Gasteiger partial charge on any atom is 0.332 e. The van der Waals surface area contributed by atoms with Gasteiger partial charge in [0.1, 0.15) is 0 Å². The van der Waals surface area contributed by atoms with E-state index < -0.39 is 25.1 Å². The Morgan fingerprint density at radius 3 is 1.95 bits per heavy atom. The number of benzene rings is 1. The summed E-state index contributed by atoms with van der Waals surface area (Å²) in [5.74, 6) is 0.283. The Morgan fingerprint density at radius 2 is 1.55 bits per heavy atom. The lowest BCUT2D eigenvalue weighted by molar-refractivity contribution is 0.405. The fourth-order valence-electron chi connectivity index (χ4n) is 2.51. The van der Waals surface area contributed by atoms with Gasteiger partial charge < -0.3 is 0 Å². The molecule has 0 spiro atoms. The minimum Gasteiger partial charge on any atom is -0.207 e. The highest BCUT2D eigenvalue weighted by atomic mass is 32.3. The van der Waals surface area contributed by atoms with E-state index in [1.54, 1.807) is 0 Å². The quantitative estimate of drug-likeness (QED) is 0.795. The van der Waals surface area contributed by atoms with Crippen molar-refractivity contribution in [2.24, 2.45) is 5.92 Å². The van der Waals surface area contributed by atoms with Gasteiger partial charge in [-0.3, -0.25) is 0 Å². The van der Waals surface area contributed by atoms with Crippen LogP contribution in [0.1, 0.15) is 20.3 Å². The molecule has 0 aliphatic carbocycles. The van der Waals surface area contributed by atoms with Crippen LogP contribution in [0.15, 0.2) is 34.1 Å². The van der Waals surface area contributed by atoms with E-state index in [9.17, 15) is 20.7 Å². The highest BCUT2D eigenvalue weighted by Gasteiger charge is 2.36. The van der Waals surface area contributed by atoms with E-state index in [0.717, 1.165) is 30.7 Å². The van der Waals surface area contributed by atoms with Crippen LogP contribution in [-0.2, 0) is 20.2 Å². The van der Waals surface area contributed by atoms with Gasteiger partial charge in [-0.1, -0.05) is 6.92 Å². The van der Waals surface area contributed by atoms with E-state index in [1.165, 1.54) is 4.31 Å². The van der Waals surface area contributed by atoms with Crippen molar-refractivity contribution in [3.05, 3.63) is 24.3 Å². The zero-order valence-electron chi connectivity index (χ0n) is 11.2. The Balaban J connectivity index is 2.36. The second-order valence-corrected chi connectivity index (χ2v) is 8.41. The van der Waals surface area contributed by atoms with Crippen molar-refractivity contribution in [1.82, 2.24) is 4.31 Å². The highest BCUT2D eigenvalue weighted by Crippen LogP contribution is 2.29. The van der Waals surface area contributed by atoms with Crippen LogP contribution in [0.5, 0.6) is 0 Å². The monoisotopic (exact) mass is 321 g/mol. The molecular weight excluding hydrogens is 305 g/mol. The Labute approximate surface area is 118 Å². The van der Waals surface area contributed by atoms with Crippen LogP contribution in [0.3, 0.4) is 0 Å². The third kappa shape index (κ3) is 2.87. The Bertz CT molecular complexity index is 697. The van der Waals surface area contributed by atoms with E-state index in [4.69, 9.17) is 0 Å². The summed E-state index contributed by atoms with van der Waals surface area (Å²) in [5, 5.41) is 0. The van der Waals surface area contributed by atoms with E-state index >= 15 is 0 Å². The smallest absolute Gasteiger partial charge is 0.207 e. The van der Waals surface area contributed by atoms with Crippen LogP contribution < -0.4 is 0 Å². The van der Waals surface area contributed by atoms with Gasteiger partial charge in [0.25, 0.3) is 0 Å². The first-order valence-electron chi connectivity index (χ1n) is 6.19. The Kier molecular flexibility index (Phi) is 3.92. The van der Waals surface area contributed by atoms with Crippen molar-refractivity contribution >= 4 is 20.2 Å². The summed E-state index contributed by atoms with van der Waals surface area (Å²) < 4.78 is 60.5. The maximum absolute atomic E-state index is 12.8. The summed E-state index contributed by atoms with van der Waals surface area (Å²) in [7, 11) is -8.48. The van der Waals surface area contributed by atoms with Gasteiger partial charge in [0.15, 0.2) is 0 Å². The van der Waals surface area contributed by atoms with Crippen LogP contribution in [0.25, 0.3) is 0 Å². The molecule has 1 heterocycles. The van der Waals surface area contributed by atoms with Gasteiger partial charge in [-0.2, -0.15) is 12.7 Å². The molecule has 2 rings (SSSR count). The minimum absolute atomic E-state index is 0.0224. The van der Waals surface area contributed by atoms with Crippen LogP contribution in [0.2, 0.25) is 0 Å². The summed E-state index contributed by atoms with van der Waals surface area (Å²) in [6.45, 7) is 4.25. The first-order valence-corrected chi connectivity index (χ1v) is 9.01. The van der Waals surface area contributed by atoms with Crippen molar-refractivity contribution in [2.75, 3.05) is 6.54 Å². The largest absolute Gasteiger partial charge is 0.332 e. The summed E-state index contributed by atoms with van der Waals surface area (Å²) in [6, 6.07) is 4.08. The van der Waals surface area contributed by atoms with Crippen LogP contribution in [0.4, 0.5) is 3.89 Å². The summed E-state index contributed by atoms with van der Waals surface area (Å²) in [6.07, 6.45) is 0.788. The average molecular weight is 321 g/mol. The molecule has 1 aromatic rings. The van der Waals surface area contributed by atoms with Gasteiger partial charge in [-0.15, -0.1) is 3.89 Å². The molecule has 1 fully saturated rings. The molecule has 0 saturated carbocycles. The molecule has 20 heavy (non-hydrogen) atoms. The topological polar surface area (TPSA) is 71.5 Å². The Morgan fingerprint density at radius 1 is 1.05 bits per heavy atom. The van der Waals surface area contributed by atoms with Crippen molar-refractivity contribution in [3.63, 3.8) is 0 Å². The molecular formula is C12H16FNO4S2. The zero-order chi connectivity index (χ0) is 15.1. The predicted octanol–water partition coefficient (Wildman–Crippen LogP) is 1.76. The molecule has 0 bridgehead atoms. The minimum atomic E-state index is -4.81. The fraction of sp³-hybridized carbons (Fsp3) is 0.500. The van der Waals surface area contributed by atoms with Crippen molar-refractivity contribution in [1.29, 1.82) is 0 Å². The van der Waals surface area contributed by atoms with Gasteiger partial charge in [0.05, 0.1) is 9.79 Å². The molecule has 2 unspecified atom stereocenters. The molecule has 0 amide bonds. The van der Waals surface area contributed by atoms with Gasteiger partial charge in [0, 0.05) is 12.6 Å². The lowest BCUT2D eigenvalue weighted by Gasteiger charge is -2.21. The van der Waals surface area contributed by atoms with E-state index in [0.29, 0.717) is 6.54 Å². The molecule has 8 heteroatoms. The van der Waals surface area contributed by atoms with Crippen molar-refractivity contribution in [2.45, 2.75) is 36.1 Å². The Hall–Kier alpha value is -0.990. The third-order valence-corrected chi connectivity index (χ3v) is 6.27. The lowest BCUT2D eigenvalue weighted by atomic mass is 10.1. The zero-order valence-corrected chi connectivity index (χ0v) is 12.8. The van der Waals surface area contributed by atoms with Crippen molar-refractivity contribution in [3.8, 4) is 0 Å². The van der Waals surface area contributed by atoms with Gasteiger partial charge >= 0.3 is 10.2 Å². The molecule has 1 saturated heterocycles. The number of sulfonamides is 1. The van der Waals surface area contributed by atoms with E-state index in [2.05, 4.69) is 0 Å². The van der Waals surface area contributed by atoms with Crippen LogP contribution >= 0.6 is 0 Å². The molecule has 112 valence electrons. The summed E-state index contributed by atoms with van der Waals surface area (Å²) >= 11 is 0. The summed E-state index contributed by atoms with van der Waals surface area (Å²) in [4.78, 5) is -0.565. The van der Waals surface area contributed by atoms with Crippen LogP contribution in [-0.4, -0.2) is 33.7 Å². The molecule has 1 aromatic carbocycles. The van der Waals surface area contributed by atoms with Crippen molar-refractivity contribution < 1.29 is 20.7 Å². The standard InChI is InChI=1S/C12H16FNO4S2/c1-9-7-10(2)14(8-9)20(17,18)12-5-3-11(4-6-12)19(13,15)16/h3-6,9-10H,7-8H2,1-2H3. The second-order valence-electron chi connectivity index (χ2n) is 5.17. The number of rotatable bonds is 3. The molecule has 0 N–H and O–H groups in total. The first kappa shape index (κ1) is 15.4. The first-order chi connectivity index (χ1) is 9.12. The van der Waals surface area contributed by atoms with E-state index in [-0.39, 0.29) is 16.9 Å². The average Bonchev–Trinajstić information content (AvgIpc) is 2.68. The second kappa shape index (κ2) is 5.09. The van der Waals surface area contributed by atoms with E-state index in [1.807, 2.05) is 13.8 Å². The number of halogens is 1. The SMILES string of the molecule is CC1CC(C)N(S(=O)(=O)c2ccc(S(=O)(=O)F)cc2)C1. The normalized spacial score (nSPS) is 24.9. The maximum atomic E-state index is 12.8. The molecule has 1 aliphatic rings. The molecule has 0 radical (unpaired) electrons. The summed E-state index contributed by atoms with van der Waals surface area (Å²) in [5.41, 5.74) is 0. The van der Waals surface area contributed by atoms with Crippen LogP contribution in [0, 0.1) is 5.92 Å². The number of hydrogen-bond donors (Lipinski definition) is 0. The van der Waals surface area contributed by atoms with Gasteiger partial charge in [0.2, 0.25) is 10.0 Å². The molecule has 0 aromatic heterocycles. The predicted molar refractivity (Wildman–Crippen MR) is 71.9 cm³/mol. The highest BCUT2D eigenvalue weighted by molar-refractivity contribution is 7.89.